The van der Waals surface area contributed by atoms with E-state index < -0.39 is 6.04 Å². The number of aliphatic hydroxyl groups is 1. The zero-order valence-corrected chi connectivity index (χ0v) is 38.1. The first-order chi connectivity index (χ1) is 31.2. The Morgan fingerprint density at radius 2 is 1.68 bits per heavy atom. The first-order valence-corrected chi connectivity index (χ1v) is 22.8. The van der Waals surface area contributed by atoms with Crippen molar-refractivity contribution in [1.29, 1.82) is 0 Å². The van der Waals surface area contributed by atoms with Gasteiger partial charge in [-0.15, -0.1) is 5.10 Å². The fourth-order valence-corrected chi connectivity index (χ4v) is 9.81. The highest BCUT2D eigenvalue weighted by Crippen LogP contribution is 2.36. The van der Waals surface area contributed by atoms with Crippen molar-refractivity contribution in [3.8, 4) is 22.5 Å². The van der Waals surface area contributed by atoms with Gasteiger partial charge >= 0.3 is 6.03 Å². The summed E-state index contributed by atoms with van der Waals surface area (Å²) in [6.45, 7) is 17.5. The number of piperidine rings is 2. The summed E-state index contributed by atoms with van der Waals surface area (Å²) >= 11 is 0. The number of imide groups is 1. The van der Waals surface area contributed by atoms with Crippen molar-refractivity contribution in [3.63, 3.8) is 0 Å². The molecule has 1 unspecified atom stereocenters. The number of aromatic nitrogens is 8. The number of aromatic amines is 1. The molecular weight excluding hydrogens is 823 g/mol. The average molecular weight is 882 g/mol. The third-order valence-electron chi connectivity index (χ3n) is 13.4. The van der Waals surface area contributed by atoms with Crippen molar-refractivity contribution in [2.45, 2.75) is 97.9 Å². The number of rotatable bonds is 11. The third-order valence-corrected chi connectivity index (χ3v) is 13.4. The summed E-state index contributed by atoms with van der Waals surface area (Å²) in [6.07, 6.45) is 7.90. The second kappa shape index (κ2) is 17.8. The number of hydrogen-bond acceptors (Lipinski definition) is 11. The van der Waals surface area contributed by atoms with E-state index in [4.69, 9.17) is 10.1 Å². The minimum absolute atomic E-state index is 0.210. The number of hydrogen-bond donors (Lipinski definition) is 4. The number of carbonyl (C=O) groups is 3. The molecule has 17 heteroatoms. The van der Waals surface area contributed by atoms with Gasteiger partial charge in [-0.25, -0.2) is 19.4 Å². The first kappa shape index (κ1) is 43.8. The fraction of sp³-hybridized carbons (Fsp3) is 0.458. The van der Waals surface area contributed by atoms with Gasteiger partial charge in [0.25, 0.3) is 5.91 Å². The molecule has 7 heterocycles. The summed E-state index contributed by atoms with van der Waals surface area (Å²) < 4.78 is 3.90. The highest BCUT2D eigenvalue weighted by atomic mass is 16.3. The van der Waals surface area contributed by atoms with Crippen LogP contribution in [0.4, 0.5) is 16.2 Å². The first-order valence-electron chi connectivity index (χ1n) is 22.8. The minimum Gasteiger partial charge on any atom is -0.392 e. The number of aliphatic hydroxyl groups excluding tert-OH is 1. The number of aryl methyl sites for hydroxylation is 1. The van der Waals surface area contributed by atoms with Gasteiger partial charge in [-0.05, 0) is 121 Å². The van der Waals surface area contributed by atoms with Gasteiger partial charge in [0.15, 0.2) is 5.69 Å². The zero-order valence-electron chi connectivity index (χ0n) is 38.1. The fourth-order valence-electron chi connectivity index (χ4n) is 9.81. The smallest absolute Gasteiger partial charge is 0.328 e. The molecule has 2 aromatic carbocycles. The molecule has 3 aliphatic heterocycles. The summed E-state index contributed by atoms with van der Waals surface area (Å²) in [7, 11) is 0. The zero-order chi connectivity index (χ0) is 45.6. The van der Waals surface area contributed by atoms with Gasteiger partial charge in [0.05, 0.1) is 47.5 Å². The maximum atomic E-state index is 13.1. The van der Waals surface area contributed by atoms with Crippen LogP contribution in [0.3, 0.4) is 0 Å². The number of anilines is 2. The molecule has 17 nitrogen and oxygen atoms in total. The Morgan fingerprint density at radius 3 is 2.37 bits per heavy atom. The van der Waals surface area contributed by atoms with Gasteiger partial charge in [-0.3, -0.25) is 24.5 Å². The van der Waals surface area contributed by atoms with Gasteiger partial charge in [-0.2, -0.15) is 5.10 Å². The van der Waals surface area contributed by atoms with E-state index in [1.54, 1.807) is 22.1 Å². The Balaban J connectivity index is 0.815. The van der Waals surface area contributed by atoms with Crippen LogP contribution < -0.4 is 20.4 Å². The number of H-pyrrole nitrogens is 1. The quantitative estimate of drug-likeness (QED) is 0.112. The number of benzene rings is 2. The van der Waals surface area contributed by atoms with Crippen LogP contribution in [-0.2, 0) is 16.9 Å². The predicted octanol–water partition coefficient (Wildman–Crippen LogP) is 6.43. The summed E-state index contributed by atoms with van der Waals surface area (Å²) in [4.78, 5) is 56.5. The summed E-state index contributed by atoms with van der Waals surface area (Å²) in [5.74, 6) is 0.0972. The predicted molar refractivity (Wildman–Crippen MR) is 248 cm³/mol. The van der Waals surface area contributed by atoms with Crippen molar-refractivity contribution < 1.29 is 19.5 Å². The van der Waals surface area contributed by atoms with Crippen LogP contribution in [-0.4, -0.2) is 107 Å². The molecule has 4 aromatic heterocycles. The molecule has 0 spiro atoms. The normalized spacial score (nSPS) is 17.5. The molecule has 3 saturated heterocycles. The van der Waals surface area contributed by atoms with Crippen LogP contribution in [0.25, 0.3) is 33.5 Å². The molecule has 0 bridgehead atoms. The lowest BCUT2D eigenvalue weighted by molar-refractivity contribution is -0.120. The van der Waals surface area contributed by atoms with Gasteiger partial charge < -0.3 is 25.2 Å². The number of nitrogens with zero attached hydrogens (tertiary/aromatic N) is 10. The van der Waals surface area contributed by atoms with Gasteiger partial charge in [-0.1, -0.05) is 17.3 Å². The van der Waals surface area contributed by atoms with Crippen molar-refractivity contribution in [2.75, 3.05) is 49.1 Å². The highest BCUT2D eigenvalue weighted by Gasteiger charge is 2.30. The number of urea groups is 1. The number of amides is 4. The summed E-state index contributed by atoms with van der Waals surface area (Å²) in [5, 5.41) is 30.1. The third kappa shape index (κ3) is 8.99. The molecule has 3 aliphatic rings. The van der Waals surface area contributed by atoms with E-state index in [-0.39, 0.29) is 35.7 Å². The lowest BCUT2D eigenvalue weighted by Gasteiger charge is -2.38. The lowest BCUT2D eigenvalue weighted by atomic mass is 9.94. The van der Waals surface area contributed by atoms with Crippen molar-refractivity contribution in [1.82, 2.24) is 55.3 Å². The van der Waals surface area contributed by atoms with E-state index in [0.29, 0.717) is 30.5 Å². The molecule has 9 rings (SSSR count). The van der Waals surface area contributed by atoms with Crippen LogP contribution >= 0.6 is 0 Å². The van der Waals surface area contributed by atoms with Crippen molar-refractivity contribution >= 4 is 40.3 Å². The SMILES string of the molecule is Cc1nn(C2CCN(CC3CCN(c4ccc(N5CCC(=O)NC5=O)cc4)CC3)CC2)c(C)c1-c1cc2c(-c3ccc(C(C)NC(=O)c4cn(C(C)(C)C)nn4)c(CO)c3)ncnc2[nH]1. The van der Waals surface area contributed by atoms with Gasteiger partial charge in [0, 0.05) is 79.3 Å². The molecule has 1 atom stereocenters. The molecule has 0 aliphatic carbocycles. The standard InChI is InChI=1S/C48H59N13O4/c1-29(51-46(64)41-26-60(56-54-41)48(4,5)6)38-12-7-33(23-34(38)27-62)44-39-24-40(52-45(39)50-28-49-44)43-30(2)55-61(31(43)3)37-15-18-57(19-16-37)25-32-13-20-58(21-14-32)35-8-10-36(11-9-35)59-22-17-42(63)53-47(59)65/h7-12,23-24,26,28-29,32,37,62H,13-22,25,27H2,1-6H3,(H,51,64)(H,49,50,52)(H,53,63,65). The number of carbonyl (C=O) groups excluding carboxylic acids is 3. The van der Waals surface area contributed by atoms with E-state index in [0.717, 1.165) is 115 Å². The second-order valence-corrected chi connectivity index (χ2v) is 18.9. The Labute approximate surface area is 378 Å². The van der Waals surface area contributed by atoms with E-state index in [9.17, 15) is 19.5 Å². The second-order valence-electron chi connectivity index (χ2n) is 18.9. The summed E-state index contributed by atoms with van der Waals surface area (Å²) in [5.41, 5.74) is 9.79. The van der Waals surface area contributed by atoms with E-state index >= 15 is 0 Å². The molecule has 3 fully saturated rings. The van der Waals surface area contributed by atoms with Crippen LogP contribution in [0.1, 0.15) is 105 Å². The molecule has 65 heavy (non-hydrogen) atoms. The average Bonchev–Trinajstić information content (AvgIpc) is 4.04. The van der Waals surface area contributed by atoms with E-state index in [1.165, 1.54) is 5.69 Å². The molecule has 0 saturated carbocycles. The summed E-state index contributed by atoms with van der Waals surface area (Å²) in [6, 6.07) is 15.6. The number of nitrogens with one attached hydrogen (secondary N) is 3. The van der Waals surface area contributed by atoms with Crippen LogP contribution in [0.5, 0.6) is 0 Å². The Morgan fingerprint density at radius 1 is 0.938 bits per heavy atom. The van der Waals surface area contributed by atoms with Gasteiger partial charge in [0.2, 0.25) is 5.91 Å². The molecular formula is C48H59N13O4. The monoisotopic (exact) mass is 881 g/mol. The van der Waals surface area contributed by atoms with Gasteiger partial charge in [0.1, 0.15) is 12.0 Å². The molecule has 4 amide bonds. The topological polar surface area (TPSA) is 195 Å². The van der Waals surface area contributed by atoms with Crippen LogP contribution in [0.15, 0.2) is 61.1 Å². The van der Waals surface area contributed by atoms with E-state index in [2.05, 4.69) is 77.4 Å². The van der Waals surface area contributed by atoms with Crippen molar-refractivity contribution in [2.24, 2.45) is 5.92 Å². The Bertz CT molecular complexity index is 2710. The highest BCUT2D eigenvalue weighted by molar-refractivity contribution is 6.05. The maximum Gasteiger partial charge on any atom is 0.328 e. The van der Waals surface area contributed by atoms with Crippen LogP contribution in [0, 0.1) is 19.8 Å². The molecule has 0 radical (unpaired) electrons. The molecule has 6 aromatic rings. The minimum atomic E-state index is -0.395. The number of fused-ring (bicyclic) bond motifs is 1. The largest absolute Gasteiger partial charge is 0.392 e. The Kier molecular flexibility index (Phi) is 12.0. The molecule has 340 valence electrons. The number of likely N-dealkylation sites (tertiary alicyclic amines) is 1. The maximum absolute atomic E-state index is 13.1. The van der Waals surface area contributed by atoms with E-state index in [1.807, 2.05) is 58.0 Å². The lowest BCUT2D eigenvalue weighted by Crippen LogP contribution is -2.49. The van der Waals surface area contributed by atoms with Crippen molar-refractivity contribution in [3.05, 3.63) is 89.3 Å². The molecule has 4 N–H and O–H groups in total. The van der Waals surface area contributed by atoms with Crippen LogP contribution in [0.2, 0.25) is 0 Å². The Hall–Kier alpha value is -6.46.